The second-order valence-electron chi connectivity index (χ2n) is 25.0. The highest BCUT2D eigenvalue weighted by Crippen LogP contribution is 2.42. The first-order valence-electron chi connectivity index (χ1n) is 33.6. The zero-order valence-electron chi connectivity index (χ0n) is 55.0. The van der Waals surface area contributed by atoms with Crippen LogP contribution in [0.2, 0.25) is 0 Å². The normalized spacial score (nSPS) is 11.0. The number of benzene rings is 15. The molecule has 0 aliphatic rings. The number of anilines is 4. The SMILES string of the molecule is CN(c1ccccc1)c1cc(C=C(c2ccc(-c3ccccc3)cc2)c2ccc(-c3ccccc3)cc2)ccc1-c1ccc(-c2ccc(-c3ccc(-c4ccc(C=C(c5ccc(-c6ccccc6)cc5)c5ccc(-c6ccccc6)cc5)cc4)c(N(C)c4ccccc4)c3)cc2)cc1. The highest BCUT2D eigenvalue weighted by atomic mass is 15.1. The lowest BCUT2D eigenvalue weighted by Gasteiger charge is -2.24. The molecule has 0 heterocycles. The molecule has 0 atom stereocenters. The fourth-order valence-corrected chi connectivity index (χ4v) is 13.3. The van der Waals surface area contributed by atoms with Crippen LogP contribution in [-0.2, 0) is 0 Å². The van der Waals surface area contributed by atoms with Gasteiger partial charge in [-0.15, -0.1) is 0 Å². The van der Waals surface area contributed by atoms with Gasteiger partial charge < -0.3 is 9.80 Å². The van der Waals surface area contributed by atoms with Crippen molar-refractivity contribution in [1.29, 1.82) is 0 Å². The monoisotopic (exact) mass is 1250 g/mol. The van der Waals surface area contributed by atoms with Crippen LogP contribution in [0.5, 0.6) is 0 Å². The highest BCUT2D eigenvalue weighted by molar-refractivity contribution is 5.96. The quantitative estimate of drug-likeness (QED) is 0.0790. The van der Waals surface area contributed by atoms with Gasteiger partial charge in [-0.05, 0) is 171 Å². The standard InChI is InChI=1S/C96H72N2/c1-97(89-29-17-7-18-30-89)95-67-70(66-94(86-58-48-77(49-59-86)73-25-13-5-14-26-73)87-60-50-78(51-61-87)74-27-15-6-16-28-74)35-63-91(95)83-52-42-80(43-53-83)79-38-40-81(41-39-79)88-62-64-92(96(68-88)98(2)90-31-19-8-20-32-90)82-36-33-69(34-37-82)65-93(84-54-44-75(45-55-84)71-21-9-3-10-22-71)85-56-46-76(47-57-85)72-23-11-4-12-24-72/h3-68H,1-2H3. The summed E-state index contributed by atoms with van der Waals surface area (Å²) in [5.41, 5.74) is 32.5. The van der Waals surface area contributed by atoms with Gasteiger partial charge in [0.05, 0.1) is 0 Å². The summed E-state index contributed by atoms with van der Waals surface area (Å²) in [4.78, 5) is 4.62. The fourth-order valence-electron chi connectivity index (χ4n) is 13.3. The van der Waals surface area contributed by atoms with Crippen LogP contribution in [0.1, 0.15) is 33.4 Å². The van der Waals surface area contributed by atoms with E-state index in [9.17, 15) is 0 Å². The van der Waals surface area contributed by atoms with E-state index in [0.717, 1.165) is 106 Å². The molecule has 0 aromatic heterocycles. The lowest BCUT2D eigenvalue weighted by Crippen LogP contribution is -2.10. The molecule has 0 aliphatic carbocycles. The Morgan fingerprint density at radius 2 is 0.418 bits per heavy atom. The molecule has 15 rings (SSSR count). The second-order valence-corrected chi connectivity index (χ2v) is 25.0. The molecule has 2 heteroatoms. The van der Waals surface area contributed by atoms with Gasteiger partial charge in [-0.1, -0.05) is 352 Å². The van der Waals surface area contributed by atoms with Crippen LogP contribution in [0, 0.1) is 0 Å². The molecule has 15 aromatic rings. The Morgan fingerprint density at radius 3 is 0.755 bits per heavy atom. The third-order valence-electron chi connectivity index (χ3n) is 18.8. The van der Waals surface area contributed by atoms with Crippen LogP contribution >= 0.6 is 0 Å². The molecule has 0 amide bonds. The van der Waals surface area contributed by atoms with Crippen molar-refractivity contribution in [2.75, 3.05) is 23.9 Å². The van der Waals surface area contributed by atoms with Crippen molar-refractivity contribution in [3.05, 3.63) is 422 Å². The largest absolute Gasteiger partial charge is 0.344 e. The first kappa shape index (κ1) is 61.6. The molecule has 0 aliphatic heterocycles. The van der Waals surface area contributed by atoms with E-state index in [1.165, 1.54) is 50.1 Å². The number of hydrogen-bond donors (Lipinski definition) is 0. The van der Waals surface area contributed by atoms with Gasteiger partial charge in [0.15, 0.2) is 0 Å². The Hall–Kier alpha value is -12.6. The summed E-state index contributed by atoms with van der Waals surface area (Å²) in [6, 6.07) is 141. The van der Waals surface area contributed by atoms with Gasteiger partial charge in [0.2, 0.25) is 0 Å². The van der Waals surface area contributed by atoms with Crippen LogP contribution in [0.15, 0.2) is 388 Å². The molecule has 0 saturated carbocycles. The molecular formula is C96H72N2. The number of hydrogen-bond acceptors (Lipinski definition) is 2. The van der Waals surface area contributed by atoms with Gasteiger partial charge in [-0.25, -0.2) is 0 Å². The minimum Gasteiger partial charge on any atom is -0.344 e. The minimum atomic E-state index is 1.11. The van der Waals surface area contributed by atoms with Gasteiger partial charge in [0, 0.05) is 48.0 Å². The van der Waals surface area contributed by atoms with Crippen molar-refractivity contribution in [3.8, 4) is 89.0 Å². The maximum absolute atomic E-state index is 2.35. The minimum absolute atomic E-state index is 1.11. The zero-order chi connectivity index (χ0) is 66.0. The second kappa shape index (κ2) is 28.5. The van der Waals surface area contributed by atoms with E-state index in [1.807, 2.05) is 0 Å². The van der Waals surface area contributed by atoms with Crippen LogP contribution in [0.4, 0.5) is 22.7 Å². The lowest BCUT2D eigenvalue weighted by atomic mass is 9.91. The van der Waals surface area contributed by atoms with Crippen molar-refractivity contribution in [2.45, 2.75) is 0 Å². The zero-order valence-corrected chi connectivity index (χ0v) is 55.0. The predicted octanol–water partition coefficient (Wildman–Crippen LogP) is 25.7. The molecule has 0 N–H and O–H groups in total. The maximum atomic E-state index is 2.35. The average molecular weight is 1250 g/mol. The molecule has 0 spiro atoms. The summed E-state index contributed by atoms with van der Waals surface area (Å²) < 4.78 is 0. The van der Waals surface area contributed by atoms with E-state index < -0.39 is 0 Å². The summed E-state index contributed by atoms with van der Waals surface area (Å²) in [5.74, 6) is 0. The van der Waals surface area contributed by atoms with E-state index >= 15 is 0 Å². The molecule has 15 aromatic carbocycles. The summed E-state index contributed by atoms with van der Waals surface area (Å²) in [6.07, 6.45) is 4.67. The Labute approximate surface area is 577 Å². The number of para-hydroxylation sites is 2. The van der Waals surface area contributed by atoms with Crippen LogP contribution in [0.3, 0.4) is 0 Å². The van der Waals surface area contributed by atoms with Crippen molar-refractivity contribution < 1.29 is 0 Å². The van der Waals surface area contributed by atoms with Gasteiger partial charge in [-0.3, -0.25) is 0 Å². The van der Waals surface area contributed by atoms with E-state index in [-0.39, 0.29) is 0 Å². The number of nitrogens with zero attached hydrogens (tertiary/aromatic N) is 2. The predicted molar refractivity (Wildman–Crippen MR) is 419 cm³/mol. The maximum Gasteiger partial charge on any atom is 0.0494 e. The van der Waals surface area contributed by atoms with Crippen LogP contribution in [-0.4, -0.2) is 14.1 Å². The van der Waals surface area contributed by atoms with E-state index in [4.69, 9.17) is 0 Å². The lowest BCUT2D eigenvalue weighted by molar-refractivity contribution is 1.21. The average Bonchev–Trinajstić information content (AvgIpc) is 0.809. The van der Waals surface area contributed by atoms with E-state index in [0.29, 0.717) is 0 Å². The number of rotatable bonds is 18. The van der Waals surface area contributed by atoms with Gasteiger partial charge in [0.25, 0.3) is 0 Å². The molecule has 98 heavy (non-hydrogen) atoms. The van der Waals surface area contributed by atoms with Crippen LogP contribution in [0.25, 0.3) is 112 Å². The van der Waals surface area contributed by atoms with Crippen molar-refractivity contribution in [3.63, 3.8) is 0 Å². The van der Waals surface area contributed by atoms with Crippen LogP contribution < -0.4 is 9.80 Å². The third-order valence-corrected chi connectivity index (χ3v) is 18.8. The Kier molecular flexibility index (Phi) is 17.9. The van der Waals surface area contributed by atoms with Gasteiger partial charge >= 0.3 is 0 Å². The Morgan fingerprint density at radius 1 is 0.194 bits per heavy atom. The molecule has 0 fully saturated rings. The van der Waals surface area contributed by atoms with Crippen molar-refractivity contribution in [2.24, 2.45) is 0 Å². The first-order chi connectivity index (χ1) is 48.4. The molecule has 466 valence electrons. The molecule has 0 unspecified atom stereocenters. The summed E-state index contributed by atoms with van der Waals surface area (Å²) in [6.45, 7) is 0. The first-order valence-corrected chi connectivity index (χ1v) is 33.6. The van der Waals surface area contributed by atoms with Crippen molar-refractivity contribution >= 4 is 46.0 Å². The summed E-state index contributed by atoms with van der Waals surface area (Å²) in [5, 5.41) is 0. The van der Waals surface area contributed by atoms with Crippen molar-refractivity contribution in [1.82, 2.24) is 0 Å². The smallest absolute Gasteiger partial charge is 0.0494 e. The molecule has 0 bridgehead atoms. The van der Waals surface area contributed by atoms with Gasteiger partial charge in [-0.2, -0.15) is 0 Å². The molecule has 0 saturated heterocycles. The summed E-state index contributed by atoms with van der Waals surface area (Å²) in [7, 11) is 4.34. The van der Waals surface area contributed by atoms with E-state index in [1.54, 1.807) is 0 Å². The topological polar surface area (TPSA) is 6.48 Å². The van der Waals surface area contributed by atoms with E-state index in [2.05, 4.69) is 424 Å². The fraction of sp³-hybridized carbons (Fsp3) is 0.0208. The molecular weight excluding hydrogens is 1180 g/mol. The highest BCUT2D eigenvalue weighted by Gasteiger charge is 2.18. The third kappa shape index (κ3) is 13.7. The Bertz CT molecular complexity index is 5040. The summed E-state index contributed by atoms with van der Waals surface area (Å²) >= 11 is 0. The Balaban J connectivity index is 0.718. The van der Waals surface area contributed by atoms with Gasteiger partial charge in [0.1, 0.15) is 0 Å². The molecule has 0 radical (unpaired) electrons. The molecule has 2 nitrogen and oxygen atoms in total.